The Hall–Kier alpha value is -2.93. The SMILES string of the molecule is O=C(O)c1ccnc2nc(-c3ccc(NCCN4CCCC4)cc3)[nH]c12. The van der Waals surface area contributed by atoms with Crippen molar-refractivity contribution in [3.05, 3.63) is 42.1 Å². The van der Waals surface area contributed by atoms with Crippen LogP contribution in [0.3, 0.4) is 0 Å². The highest BCUT2D eigenvalue weighted by molar-refractivity contribution is 6.00. The first-order valence-corrected chi connectivity index (χ1v) is 8.85. The number of hydrogen-bond acceptors (Lipinski definition) is 5. The molecule has 1 aliphatic rings. The lowest BCUT2D eigenvalue weighted by atomic mass is 10.2. The van der Waals surface area contributed by atoms with E-state index in [0.29, 0.717) is 17.0 Å². The van der Waals surface area contributed by atoms with Crippen molar-refractivity contribution in [2.24, 2.45) is 0 Å². The molecule has 7 heteroatoms. The average molecular weight is 351 g/mol. The number of H-pyrrole nitrogens is 1. The third-order valence-corrected chi connectivity index (χ3v) is 4.74. The normalized spacial score (nSPS) is 14.8. The standard InChI is InChI=1S/C19H21N5O2/c25-19(26)15-7-8-21-18-16(15)22-17(23-18)13-3-5-14(6-4-13)20-9-12-24-10-1-2-11-24/h3-8,20H,1-2,9-12H2,(H,25,26)(H,21,22,23). The van der Waals surface area contributed by atoms with Gasteiger partial charge in [-0.25, -0.2) is 14.8 Å². The van der Waals surface area contributed by atoms with Crippen LogP contribution in [0, 0.1) is 0 Å². The Kier molecular flexibility index (Phi) is 4.53. The van der Waals surface area contributed by atoms with Crippen LogP contribution in [0.25, 0.3) is 22.6 Å². The molecule has 0 saturated carbocycles. The second kappa shape index (κ2) is 7.13. The number of anilines is 1. The van der Waals surface area contributed by atoms with Crippen LogP contribution in [0.5, 0.6) is 0 Å². The van der Waals surface area contributed by atoms with Crippen LogP contribution in [-0.4, -0.2) is 57.1 Å². The lowest BCUT2D eigenvalue weighted by Crippen LogP contribution is -2.25. The van der Waals surface area contributed by atoms with Gasteiger partial charge in [-0.1, -0.05) is 0 Å². The number of rotatable bonds is 6. The quantitative estimate of drug-likeness (QED) is 0.632. The summed E-state index contributed by atoms with van der Waals surface area (Å²) < 4.78 is 0. The minimum atomic E-state index is -0.995. The Labute approximate surface area is 151 Å². The molecule has 0 radical (unpaired) electrons. The molecule has 0 spiro atoms. The fourth-order valence-electron chi connectivity index (χ4n) is 3.34. The first-order chi connectivity index (χ1) is 12.7. The maximum absolute atomic E-state index is 11.3. The molecular weight excluding hydrogens is 330 g/mol. The summed E-state index contributed by atoms with van der Waals surface area (Å²) in [6.45, 7) is 4.41. The summed E-state index contributed by atoms with van der Waals surface area (Å²) in [5.41, 5.74) is 2.99. The molecule has 3 N–H and O–H groups in total. The highest BCUT2D eigenvalue weighted by Crippen LogP contribution is 2.23. The Bertz CT molecular complexity index is 913. The van der Waals surface area contributed by atoms with Gasteiger partial charge in [0.2, 0.25) is 0 Å². The Morgan fingerprint density at radius 1 is 1.19 bits per heavy atom. The minimum Gasteiger partial charge on any atom is -0.478 e. The van der Waals surface area contributed by atoms with Crippen molar-refractivity contribution in [1.29, 1.82) is 0 Å². The fourth-order valence-corrected chi connectivity index (χ4v) is 3.34. The minimum absolute atomic E-state index is 0.175. The number of aromatic amines is 1. The molecule has 7 nitrogen and oxygen atoms in total. The molecule has 3 heterocycles. The summed E-state index contributed by atoms with van der Waals surface area (Å²) in [5.74, 6) is -0.380. The molecule has 1 saturated heterocycles. The van der Waals surface area contributed by atoms with Crippen LogP contribution < -0.4 is 5.32 Å². The Morgan fingerprint density at radius 2 is 1.96 bits per heavy atom. The zero-order valence-electron chi connectivity index (χ0n) is 14.4. The van der Waals surface area contributed by atoms with Gasteiger partial charge in [-0.05, 0) is 56.3 Å². The number of benzene rings is 1. The molecule has 0 bridgehead atoms. The largest absolute Gasteiger partial charge is 0.478 e. The summed E-state index contributed by atoms with van der Waals surface area (Å²) in [6.07, 6.45) is 4.08. The zero-order valence-corrected chi connectivity index (χ0v) is 14.4. The molecule has 1 aliphatic heterocycles. The third kappa shape index (κ3) is 3.39. The van der Waals surface area contributed by atoms with Gasteiger partial charge in [0.1, 0.15) is 5.82 Å². The van der Waals surface area contributed by atoms with E-state index in [1.165, 1.54) is 38.2 Å². The maximum Gasteiger partial charge on any atom is 0.338 e. The number of aromatic nitrogens is 3. The smallest absolute Gasteiger partial charge is 0.338 e. The Balaban J connectivity index is 1.47. The fraction of sp³-hybridized carbons (Fsp3) is 0.316. The van der Waals surface area contributed by atoms with Crippen LogP contribution in [0.15, 0.2) is 36.5 Å². The zero-order chi connectivity index (χ0) is 17.9. The first-order valence-electron chi connectivity index (χ1n) is 8.85. The van der Waals surface area contributed by atoms with E-state index in [4.69, 9.17) is 0 Å². The molecule has 0 amide bonds. The van der Waals surface area contributed by atoms with E-state index in [1.54, 1.807) is 0 Å². The highest BCUT2D eigenvalue weighted by atomic mass is 16.4. The first kappa shape index (κ1) is 16.5. The highest BCUT2D eigenvalue weighted by Gasteiger charge is 2.14. The molecule has 0 atom stereocenters. The number of carboxylic acids is 1. The van der Waals surface area contributed by atoms with Gasteiger partial charge in [0, 0.05) is 30.5 Å². The van der Waals surface area contributed by atoms with Crippen molar-refractivity contribution >= 4 is 22.8 Å². The molecule has 134 valence electrons. The van der Waals surface area contributed by atoms with Gasteiger partial charge >= 0.3 is 5.97 Å². The van der Waals surface area contributed by atoms with E-state index < -0.39 is 5.97 Å². The van der Waals surface area contributed by atoms with Gasteiger partial charge in [-0.3, -0.25) is 0 Å². The van der Waals surface area contributed by atoms with Crippen LogP contribution >= 0.6 is 0 Å². The van der Waals surface area contributed by atoms with Crippen molar-refractivity contribution in [1.82, 2.24) is 19.9 Å². The number of carbonyl (C=O) groups is 1. The summed E-state index contributed by atoms with van der Waals surface area (Å²) in [6, 6.07) is 9.43. The molecule has 3 aromatic rings. The molecule has 2 aromatic heterocycles. The van der Waals surface area contributed by atoms with E-state index in [1.807, 2.05) is 24.3 Å². The number of nitrogens with one attached hydrogen (secondary N) is 2. The molecular formula is C19H21N5O2. The Morgan fingerprint density at radius 3 is 2.69 bits per heavy atom. The van der Waals surface area contributed by atoms with E-state index in [2.05, 4.69) is 25.2 Å². The monoisotopic (exact) mass is 351 g/mol. The lowest BCUT2D eigenvalue weighted by molar-refractivity contribution is 0.0698. The van der Waals surface area contributed by atoms with E-state index in [0.717, 1.165) is 24.3 Å². The predicted molar refractivity (Wildman–Crippen MR) is 100 cm³/mol. The van der Waals surface area contributed by atoms with Gasteiger partial charge in [-0.15, -0.1) is 0 Å². The van der Waals surface area contributed by atoms with Gasteiger partial charge in [0.25, 0.3) is 0 Å². The number of fused-ring (bicyclic) bond motifs is 1. The van der Waals surface area contributed by atoms with Gasteiger partial charge in [0.05, 0.1) is 11.1 Å². The topological polar surface area (TPSA) is 94.1 Å². The summed E-state index contributed by atoms with van der Waals surface area (Å²) in [4.78, 5) is 25.4. The second-order valence-corrected chi connectivity index (χ2v) is 6.50. The van der Waals surface area contributed by atoms with Crippen molar-refractivity contribution < 1.29 is 9.90 Å². The number of imidazole rings is 1. The molecule has 1 aromatic carbocycles. The maximum atomic E-state index is 11.3. The number of pyridine rings is 1. The van der Waals surface area contributed by atoms with E-state index in [-0.39, 0.29) is 5.56 Å². The number of aromatic carboxylic acids is 1. The summed E-state index contributed by atoms with van der Waals surface area (Å²) in [7, 11) is 0. The predicted octanol–water partition coefficient (Wildman–Crippen LogP) is 2.83. The van der Waals surface area contributed by atoms with Crippen LogP contribution in [0.1, 0.15) is 23.2 Å². The van der Waals surface area contributed by atoms with Crippen molar-refractivity contribution in [2.75, 3.05) is 31.5 Å². The van der Waals surface area contributed by atoms with Gasteiger partial charge < -0.3 is 20.3 Å². The number of nitrogens with zero attached hydrogens (tertiary/aromatic N) is 3. The third-order valence-electron chi connectivity index (χ3n) is 4.74. The van der Waals surface area contributed by atoms with Gasteiger partial charge in [-0.2, -0.15) is 0 Å². The number of hydrogen-bond donors (Lipinski definition) is 3. The molecule has 1 fully saturated rings. The van der Waals surface area contributed by atoms with Gasteiger partial charge in [0.15, 0.2) is 5.65 Å². The number of carboxylic acid groups (broad SMARTS) is 1. The molecule has 0 unspecified atom stereocenters. The van der Waals surface area contributed by atoms with Crippen LogP contribution in [0.2, 0.25) is 0 Å². The molecule has 26 heavy (non-hydrogen) atoms. The number of likely N-dealkylation sites (tertiary alicyclic amines) is 1. The molecule has 4 rings (SSSR count). The van der Waals surface area contributed by atoms with E-state index in [9.17, 15) is 9.90 Å². The lowest BCUT2D eigenvalue weighted by Gasteiger charge is -2.15. The van der Waals surface area contributed by atoms with Crippen molar-refractivity contribution in [3.8, 4) is 11.4 Å². The van der Waals surface area contributed by atoms with Crippen molar-refractivity contribution in [3.63, 3.8) is 0 Å². The molecule has 0 aliphatic carbocycles. The average Bonchev–Trinajstić information content (AvgIpc) is 3.31. The van der Waals surface area contributed by atoms with Crippen LogP contribution in [-0.2, 0) is 0 Å². The van der Waals surface area contributed by atoms with Crippen LogP contribution in [0.4, 0.5) is 5.69 Å². The van der Waals surface area contributed by atoms with E-state index >= 15 is 0 Å². The summed E-state index contributed by atoms with van der Waals surface area (Å²) in [5, 5.41) is 12.7. The van der Waals surface area contributed by atoms with Crippen molar-refractivity contribution in [2.45, 2.75) is 12.8 Å². The second-order valence-electron chi connectivity index (χ2n) is 6.50. The summed E-state index contributed by atoms with van der Waals surface area (Å²) >= 11 is 0.